The smallest absolute Gasteiger partial charge is 0.266 e. The molecule has 23 heavy (non-hydrogen) atoms. The van der Waals surface area contributed by atoms with Crippen molar-refractivity contribution in [2.75, 3.05) is 5.32 Å². The molecule has 118 valence electrons. The number of nitrogens with one attached hydrogen (secondary N) is 1. The van der Waals surface area contributed by atoms with Gasteiger partial charge in [0.2, 0.25) is 5.88 Å². The van der Waals surface area contributed by atoms with Crippen LogP contribution >= 0.6 is 0 Å². The van der Waals surface area contributed by atoms with Crippen LogP contribution in [0.1, 0.15) is 12.6 Å². The van der Waals surface area contributed by atoms with E-state index in [0.29, 0.717) is 11.7 Å². The van der Waals surface area contributed by atoms with Crippen molar-refractivity contribution in [3.05, 3.63) is 48.2 Å². The van der Waals surface area contributed by atoms with Gasteiger partial charge in [-0.1, -0.05) is 18.2 Å². The molecule has 0 bridgehead atoms. The molecule has 3 aromatic rings. The van der Waals surface area contributed by atoms with Crippen LogP contribution in [0.15, 0.2) is 42.5 Å². The number of carbonyl (C=O) groups excluding carboxylic acids is 1. The Hall–Kier alpha value is -2.89. The van der Waals surface area contributed by atoms with Crippen LogP contribution in [0.3, 0.4) is 0 Å². The zero-order valence-electron chi connectivity index (χ0n) is 13.3. The summed E-state index contributed by atoms with van der Waals surface area (Å²) in [6, 6.07) is 13.2. The summed E-state index contributed by atoms with van der Waals surface area (Å²) in [6.45, 7) is 3.56. The molecule has 6 nitrogen and oxygen atoms in total. The zero-order valence-corrected chi connectivity index (χ0v) is 13.3. The number of nitrogens with zero attached hydrogens (tertiary/aromatic N) is 3. The molecule has 1 unspecified atom stereocenters. The molecule has 1 aromatic carbocycles. The van der Waals surface area contributed by atoms with Gasteiger partial charge in [0.05, 0.1) is 10.9 Å². The Morgan fingerprint density at radius 1 is 1.22 bits per heavy atom. The summed E-state index contributed by atoms with van der Waals surface area (Å²) in [5.74, 6) is 0.692. The highest BCUT2D eigenvalue weighted by molar-refractivity contribution is 5.93. The zero-order chi connectivity index (χ0) is 16.4. The minimum absolute atomic E-state index is 0.266. The van der Waals surface area contributed by atoms with Gasteiger partial charge in [-0.3, -0.25) is 9.48 Å². The number of fused-ring (bicyclic) bond motifs is 1. The van der Waals surface area contributed by atoms with E-state index in [0.717, 1.165) is 16.6 Å². The molecule has 0 saturated carbocycles. The Kier molecular flexibility index (Phi) is 3.97. The Labute approximate surface area is 134 Å². The summed E-state index contributed by atoms with van der Waals surface area (Å²) >= 11 is 0. The summed E-state index contributed by atoms with van der Waals surface area (Å²) in [4.78, 5) is 16.5. The predicted octanol–water partition coefficient (Wildman–Crippen LogP) is 2.68. The highest BCUT2D eigenvalue weighted by Gasteiger charge is 2.19. The Balaban J connectivity index is 1.75. The first-order valence-corrected chi connectivity index (χ1v) is 7.37. The van der Waals surface area contributed by atoms with E-state index in [2.05, 4.69) is 15.4 Å². The van der Waals surface area contributed by atoms with E-state index < -0.39 is 6.10 Å². The normalized spacial score (nSPS) is 12.1. The van der Waals surface area contributed by atoms with Crippen LogP contribution in [-0.2, 0) is 11.8 Å². The Morgan fingerprint density at radius 3 is 2.78 bits per heavy atom. The fourth-order valence-electron chi connectivity index (χ4n) is 2.33. The summed E-state index contributed by atoms with van der Waals surface area (Å²) in [5, 5.41) is 7.96. The van der Waals surface area contributed by atoms with Gasteiger partial charge in [-0.15, -0.1) is 5.10 Å². The molecule has 2 heterocycles. The first-order valence-electron chi connectivity index (χ1n) is 7.37. The van der Waals surface area contributed by atoms with Crippen LogP contribution in [-0.4, -0.2) is 26.8 Å². The second kappa shape index (κ2) is 6.08. The average Bonchev–Trinajstić information content (AvgIpc) is 2.84. The number of rotatable bonds is 4. The number of benzene rings is 1. The molecule has 0 aliphatic carbocycles. The van der Waals surface area contributed by atoms with Crippen molar-refractivity contribution in [1.29, 1.82) is 0 Å². The lowest BCUT2D eigenvalue weighted by Crippen LogP contribution is -2.30. The van der Waals surface area contributed by atoms with Crippen molar-refractivity contribution in [2.45, 2.75) is 20.0 Å². The van der Waals surface area contributed by atoms with Crippen molar-refractivity contribution in [3.63, 3.8) is 0 Å². The molecule has 1 amide bonds. The van der Waals surface area contributed by atoms with Crippen LogP contribution < -0.4 is 10.1 Å². The number of ether oxygens (including phenoxy) is 1. The van der Waals surface area contributed by atoms with E-state index in [9.17, 15) is 4.79 Å². The summed E-state index contributed by atoms with van der Waals surface area (Å²) in [5.41, 5.74) is 1.79. The van der Waals surface area contributed by atoms with Crippen LogP contribution in [0.5, 0.6) is 5.88 Å². The topological polar surface area (TPSA) is 69.0 Å². The van der Waals surface area contributed by atoms with Crippen LogP contribution in [0.4, 0.5) is 5.82 Å². The molecule has 0 saturated heterocycles. The monoisotopic (exact) mass is 310 g/mol. The summed E-state index contributed by atoms with van der Waals surface area (Å²) in [6.07, 6.45) is -0.685. The Morgan fingerprint density at radius 2 is 2.00 bits per heavy atom. The maximum absolute atomic E-state index is 12.3. The molecule has 0 radical (unpaired) electrons. The quantitative estimate of drug-likeness (QED) is 0.804. The standard InChI is InChI=1S/C17H18N4O2/c1-11-7-6-10-15(18-11)19-16(22)12(2)23-17-13-8-4-5-9-14(13)21(3)20-17/h4-10,12H,1-3H3,(H,18,19,22). The third-order valence-corrected chi connectivity index (χ3v) is 3.52. The fraction of sp³-hybridized carbons (Fsp3) is 0.235. The van der Waals surface area contributed by atoms with Gasteiger partial charge in [0.25, 0.3) is 5.91 Å². The van der Waals surface area contributed by atoms with Gasteiger partial charge >= 0.3 is 0 Å². The number of aromatic nitrogens is 3. The van der Waals surface area contributed by atoms with E-state index >= 15 is 0 Å². The number of hydrogen-bond acceptors (Lipinski definition) is 4. The minimum Gasteiger partial charge on any atom is -0.463 e. The molecule has 2 aromatic heterocycles. The molecule has 1 atom stereocenters. The van der Waals surface area contributed by atoms with E-state index in [1.807, 2.05) is 50.4 Å². The first kappa shape index (κ1) is 15.0. The van der Waals surface area contributed by atoms with Gasteiger partial charge in [-0.25, -0.2) is 4.98 Å². The lowest BCUT2D eigenvalue weighted by atomic mass is 10.2. The number of hydrogen-bond donors (Lipinski definition) is 1. The third-order valence-electron chi connectivity index (χ3n) is 3.52. The van der Waals surface area contributed by atoms with Crippen LogP contribution in [0, 0.1) is 6.92 Å². The van der Waals surface area contributed by atoms with Gasteiger partial charge in [-0.05, 0) is 38.1 Å². The average molecular weight is 310 g/mol. The maximum Gasteiger partial charge on any atom is 0.266 e. The van der Waals surface area contributed by atoms with Crippen molar-refractivity contribution in [3.8, 4) is 5.88 Å². The van der Waals surface area contributed by atoms with E-state index in [4.69, 9.17) is 4.74 Å². The maximum atomic E-state index is 12.3. The fourth-order valence-corrected chi connectivity index (χ4v) is 2.33. The SMILES string of the molecule is Cc1cccc(NC(=O)C(C)Oc2nn(C)c3ccccc23)n1. The number of pyridine rings is 1. The highest BCUT2D eigenvalue weighted by Crippen LogP contribution is 2.24. The van der Waals surface area contributed by atoms with Gasteiger partial charge in [0.15, 0.2) is 6.10 Å². The number of anilines is 1. The summed E-state index contributed by atoms with van der Waals surface area (Å²) < 4.78 is 7.47. The van der Waals surface area contributed by atoms with Crippen LogP contribution in [0.2, 0.25) is 0 Å². The van der Waals surface area contributed by atoms with E-state index in [1.54, 1.807) is 17.7 Å². The van der Waals surface area contributed by atoms with Crippen molar-refractivity contribution in [1.82, 2.24) is 14.8 Å². The largest absolute Gasteiger partial charge is 0.463 e. The molecular weight excluding hydrogens is 292 g/mol. The highest BCUT2D eigenvalue weighted by atomic mass is 16.5. The van der Waals surface area contributed by atoms with E-state index in [-0.39, 0.29) is 5.91 Å². The molecule has 6 heteroatoms. The van der Waals surface area contributed by atoms with Crippen molar-refractivity contribution >= 4 is 22.6 Å². The van der Waals surface area contributed by atoms with Crippen molar-refractivity contribution < 1.29 is 9.53 Å². The first-order chi connectivity index (χ1) is 11.0. The Bertz CT molecular complexity index is 857. The van der Waals surface area contributed by atoms with Gasteiger partial charge in [-0.2, -0.15) is 0 Å². The lowest BCUT2D eigenvalue weighted by Gasteiger charge is -2.13. The molecular formula is C17H18N4O2. The number of para-hydroxylation sites is 1. The molecule has 1 N–H and O–H groups in total. The summed E-state index contributed by atoms with van der Waals surface area (Å²) in [7, 11) is 1.84. The van der Waals surface area contributed by atoms with Crippen LogP contribution in [0.25, 0.3) is 10.9 Å². The third kappa shape index (κ3) is 3.15. The molecule has 0 aliphatic heterocycles. The molecule has 0 fully saturated rings. The predicted molar refractivity (Wildman–Crippen MR) is 88.4 cm³/mol. The number of carbonyl (C=O) groups is 1. The van der Waals surface area contributed by atoms with E-state index in [1.165, 1.54) is 0 Å². The lowest BCUT2D eigenvalue weighted by molar-refractivity contribution is -0.122. The number of amides is 1. The number of aryl methyl sites for hydroxylation is 2. The molecule has 3 rings (SSSR count). The van der Waals surface area contributed by atoms with Crippen molar-refractivity contribution in [2.24, 2.45) is 7.05 Å². The van der Waals surface area contributed by atoms with Gasteiger partial charge < -0.3 is 10.1 Å². The van der Waals surface area contributed by atoms with Gasteiger partial charge in [0, 0.05) is 12.7 Å². The second-order valence-corrected chi connectivity index (χ2v) is 5.36. The second-order valence-electron chi connectivity index (χ2n) is 5.36. The minimum atomic E-state index is -0.685. The molecule has 0 spiro atoms. The van der Waals surface area contributed by atoms with Gasteiger partial charge in [0.1, 0.15) is 5.82 Å². The molecule has 0 aliphatic rings.